The first kappa shape index (κ1) is 15.2. The predicted octanol–water partition coefficient (Wildman–Crippen LogP) is 2.79. The van der Waals surface area contributed by atoms with E-state index in [9.17, 15) is 8.42 Å². The highest BCUT2D eigenvalue weighted by Gasteiger charge is 2.21. The lowest BCUT2D eigenvalue weighted by atomic mass is 10.1. The fourth-order valence-corrected chi connectivity index (χ4v) is 3.54. The molecule has 0 atom stereocenters. The van der Waals surface area contributed by atoms with E-state index in [1.165, 1.54) is 12.1 Å². The largest absolute Gasteiger partial charge is 0.398 e. The number of hydrogen-bond acceptors (Lipinski definition) is 4. The Morgan fingerprint density at radius 3 is 2.43 bits per heavy atom. The molecule has 2 aromatic rings. The molecule has 0 saturated carbocycles. The summed E-state index contributed by atoms with van der Waals surface area (Å²) in [6.07, 6.45) is 0.268. The number of anilines is 2. The zero-order valence-corrected chi connectivity index (χ0v) is 12.4. The molecule has 2 rings (SSSR count). The van der Waals surface area contributed by atoms with E-state index >= 15 is 0 Å². The fraction of sp³-hybridized carbons (Fsp3) is 0.0714. The molecule has 0 aliphatic carbocycles. The van der Waals surface area contributed by atoms with Crippen molar-refractivity contribution >= 4 is 33.0 Å². The van der Waals surface area contributed by atoms with Gasteiger partial charge in [-0.05, 0) is 29.8 Å². The molecule has 0 unspecified atom stereocenters. The number of nitrogens with zero attached hydrogens (tertiary/aromatic N) is 1. The van der Waals surface area contributed by atoms with Crippen molar-refractivity contribution in [1.29, 1.82) is 5.26 Å². The van der Waals surface area contributed by atoms with Crippen molar-refractivity contribution in [3.05, 3.63) is 53.1 Å². The molecule has 0 radical (unpaired) electrons. The summed E-state index contributed by atoms with van der Waals surface area (Å²) in [5.74, 6) is 0. The summed E-state index contributed by atoms with van der Waals surface area (Å²) >= 11 is 5.91. The SMILES string of the molecule is N#CCc1ccc(NS(=O)(=O)c2c(N)cccc2Cl)cc1. The van der Waals surface area contributed by atoms with E-state index in [4.69, 9.17) is 22.6 Å². The number of halogens is 1. The van der Waals surface area contributed by atoms with Gasteiger partial charge < -0.3 is 5.73 Å². The van der Waals surface area contributed by atoms with Crippen molar-refractivity contribution in [3.8, 4) is 6.07 Å². The van der Waals surface area contributed by atoms with E-state index in [0.29, 0.717) is 5.69 Å². The molecular formula is C14H12ClN3O2S. The van der Waals surface area contributed by atoms with Crippen LogP contribution in [0.25, 0.3) is 0 Å². The first-order chi connectivity index (χ1) is 9.94. The molecule has 0 bridgehead atoms. The molecule has 7 heteroatoms. The van der Waals surface area contributed by atoms with E-state index in [1.807, 2.05) is 6.07 Å². The first-order valence-electron chi connectivity index (χ1n) is 5.97. The topological polar surface area (TPSA) is 96.0 Å². The summed E-state index contributed by atoms with van der Waals surface area (Å²) in [6.45, 7) is 0. The second-order valence-corrected chi connectivity index (χ2v) is 6.32. The third-order valence-corrected chi connectivity index (χ3v) is 4.68. The number of nitriles is 1. The van der Waals surface area contributed by atoms with Gasteiger partial charge in [0, 0.05) is 5.69 Å². The van der Waals surface area contributed by atoms with Crippen molar-refractivity contribution in [1.82, 2.24) is 0 Å². The summed E-state index contributed by atoms with van der Waals surface area (Å²) in [7, 11) is -3.87. The smallest absolute Gasteiger partial charge is 0.265 e. The molecule has 108 valence electrons. The minimum Gasteiger partial charge on any atom is -0.398 e. The van der Waals surface area contributed by atoms with Gasteiger partial charge >= 0.3 is 0 Å². The van der Waals surface area contributed by atoms with Gasteiger partial charge in [-0.2, -0.15) is 5.26 Å². The van der Waals surface area contributed by atoms with Crippen LogP contribution in [-0.2, 0) is 16.4 Å². The number of sulfonamides is 1. The Morgan fingerprint density at radius 2 is 1.86 bits per heavy atom. The van der Waals surface area contributed by atoms with Crippen LogP contribution in [0, 0.1) is 11.3 Å². The molecule has 0 heterocycles. The van der Waals surface area contributed by atoms with Crippen LogP contribution in [0.1, 0.15) is 5.56 Å². The number of nitrogens with one attached hydrogen (secondary N) is 1. The molecule has 21 heavy (non-hydrogen) atoms. The first-order valence-corrected chi connectivity index (χ1v) is 7.83. The lowest BCUT2D eigenvalue weighted by Crippen LogP contribution is -2.15. The van der Waals surface area contributed by atoms with Gasteiger partial charge in [-0.1, -0.05) is 29.8 Å². The molecule has 0 spiro atoms. The zero-order valence-electron chi connectivity index (χ0n) is 10.9. The van der Waals surface area contributed by atoms with Gasteiger partial charge in [0.15, 0.2) is 0 Å². The maximum atomic E-state index is 12.3. The maximum Gasteiger partial charge on any atom is 0.265 e. The van der Waals surface area contributed by atoms with E-state index in [2.05, 4.69) is 4.72 Å². The molecule has 0 aromatic heterocycles. The van der Waals surface area contributed by atoms with Gasteiger partial charge in [0.2, 0.25) is 0 Å². The standard InChI is InChI=1S/C14H12ClN3O2S/c15-12-2-1-3-13(17)14(12)21(19,20)18-11-6-4-10(5-7-11)8-9-16/h1-7,18H,8,17H2. The highest BCUT2D eigenvalue weighted by molar-refractivity contribution is 7.93. The van der Waals surface area contributed by atoms with Crippen molar-refractivity contribution in [2.45, 2.75) is 11.3 Å². The van der Waals surface area contributed by atoms with Crippen LogP contribution < -0.4 is 10.5 Å². The number of nitrogen functional groups attached to an aromatic ring is 1. The normalized spacial score (nSPS) is 10.9. The number of rotatable bonds is 4. The number of benzene rings is 2. The predicted molar refractivity (Wildman–Crippen MR) is 82.4 cm³/mol. The number of nitrogens with two attached hydrogens (primary N) is 1. The van der Waals surface area contributed by atoms with Crippen LogP contribution in [0.3, 0.4) is 0 Å². The Kier molecular flexibility index (Phi) is 4.36. The fourth-order valence-electron chi connectivity index (χ4n) is 1.80. The van der Waals surface area contributed by atoms with E-state index < -0.39 is 10.0 Å². The van der Waals surface area contributed by atoms with Crippen molar-refractivity contribution < 1.29 is 8.42 Å². The molecule has 0 aliphatic rings. The molecule has 0 amide bonds. The second-order valence-electron chi connectivity index (χ2n) is 4.30. The van der Waals surface area contributed by atoms with Crippen LogP contribution in [-0.4, -0.2) is 8.42 Å². The van der Waals surface area contributed by atoms with Crippen molar-refractivity contribution in [2.75, 3.05) is 10.5 Å². The molecule has 0 saturated heterocycles. The molecule has 0 fully saturated rings. The summed E-state index contributed by atoms with van der Waals surface area (Å²) in [4.78, 5) is -0.146. The lowest BCUT2D eigenvalue weighted by molar-refractivity contribution is 0.601. The second kappa shape index (κ2) is 6.04. The van der Waals surface area contributed by atoms with Crippen molar-refractivity contribution in [2.24, 2.45) is 0 Å². The molecule has 0 aliphatic heterocycles. The van der Waals surface area contributed by atoms with Crippen LogP contribution in [0.5, 0.6) is 0 Å². The minimum atomic E-state index is -3.87. The van der Waals surface area contributed by atoms with Gasteiger partial charge in [0.05, 0.1) is 23.2 Å². The highest BCUT2D eigenvalue weighted by atomic mass is 35.5. The van der Waals surface area contributed by atoms with Gasteiger partial charge in [-0.25, -0.2) is 8.42 Å². The Bertz CT molecular complexity index is 776. The maximum absolute atomic E-state index is 12.3. The molecule has 5 nitrogen and oxygen atoms in total. The zero-order chi connectivity index (χ0) is 15.5. The van der Waals surface area contributed by atoms with Crippen molar-refractivity contribution in [3.63, 3.8) is 0 Å². The third-order valence-electron chi connectivity index (χ3n) is 2.76. The minimum absolute atomic E-state index is 0.0589. The molecule has 3 N–H and O–H groups in total. The summed E-state index contributed by atoms with van der Waals surface area (Å²) < 4.78 is 27.1. The van der Waals surface area contributed by atoms with Crippen LogP contribution in [0.4, 0.5) is 11.4 Å². The average Bonchev–Trinajstić information content (AvgIpc) is 2.40. The molecular weight excluding hydrogens is 310 g/mol. The lowest BCUT2D eigenvalue weighted by Gasteiger charge is -2.11. The summed E-state index contributed by atoms with van der Waals surface area (Å²) in [5.41, 5.74) is 6.94. The highest BCUT2D eigenvalue weighted by Crippen LogP contribution is 2.28. The van der Waals surface area contributed by atoms with E-state index in [0.717, 1.165) is 5.56 Å². The van der Waals surface area contributed by atoms with E-state index in [1.54, 1.807) is 30.3 Å². The van der Waals surface area contributed by atoms with Gasteiger partial charge in [0.1, 0.15) is 4.90 Å². The number of hydrogen-bond donors (Lipinski definition) is 2. The van der Waals surface area contributed by atoms with Gasteiger partial charge in [-0.15, -0.1) is 0 Å². The Labute approximate surface area is 128 Å². The Balaban J connectivity index is 2.32. The van der Waals surface area contributed by atoms with Crippen LogP contribution in [0.2, 0.25) is 5.02 Å². The van der Waals surface area contributed by atoms with Crippen LogP contribution in [0.15, 0.2) is 47.4 Å². The van der Waals surface area contributed by atoms with E-state index in [-0.39, 0.29) is 22.0 Å². The van der Waals surface area contributed by atoms with Crippen LogP contribution >= 0.6 is 11.6 Å². The Morgan fingerprint density at radius 1 is 1.19 bits per heavy atom. The molecule has 2 aromatic carbocycles. The van der Waals surface area contributed by atoms with Gasteiger partial charge in [-0.3, -0.25) is 4.72 Å². The third kappa shape index (κ3) is 3.45. The van der Waals surface area contributed by atoms with Gasteiger partial charge in [0.25, 0.3) is 10.0 Å². The monoisotopic (exact) mass is 321 g/mol. The quantitative estimate of drug-likeness (QED) is 0.846. The summed E-state index contributed by atoms with van der Waals surface area (Å²) in [6, 6.07) is 13.0. The average molecular weight is 322 g/mol. The summed E-state index contributed by atoms with van der Waals surface area (Å²) in [5, 5.41) is 8.65. The Hall–Kier alpha value is -2.23.